The summed E-state index contributed by atoms with van der Waals surface area (Å²) in [5.41, 5.74) is 0.660. The molecular formula is C14H16N2O4. The largest absolute Gasteiger partial charge is 0.494 e. The summed E-state index contributed by atoms with van der Waals surface area (Å²) in [6.45, 7) is 2.62. The predicted octanol–water partition coefficient (Wildman–Crippen LogP) is 2.10. The summed E-state index contributed by atoms with van der Waals surface area (Å²) < 4.78 is 12.5. The third-order valence-corrected chi connectivity index (χ3v) is 2.78. The zero-order valence-electron chi connectivity index (χ0n) is 11.4. The molecule has 0 aliphatic heterocycles. The van der Waals surface area contributed by atoms with Gasteiger partial charge in [-0.3, -0.25) is 4.68 Å². The summed E-state index contributed by atoms with van der Waals surface area (Å²) in [4.78, 5) is 11.1. The van der Waals surface area contributed by atoms with Gasteiger partial charge in [0.1, 0.15) is 23.7 Å². The number of aromatic carboxylic acids is 1. The molecule has 0 unspecified atom stereocenters. The zero-order chi connectivity index (χ0) is 14.5. The number of aryl methyl sites for hydroxylation is 1. The molecule has 6 heteroatoms. The van der Waals surface area contributed by atoms with E-state index in [1.165, 1.54) is 10.9 Å². The maximum absolute atomic E-state index is 11.1. The molecule has 0 amide bonds. The first kappa shape index (κ1) is 13.9. The quantitative estimate of drug-likeness (QED) is 0.874. The van der Waals surface area contributed by atoms with Crippen LogP contribution in [0.5, 0.6) is 11.5 Å². The van der Waals surface area contributed by atoms with E-state index in [1.807, 2.05) is 19.1 Å². The maximum atomic E-state index is 11.1. The molecule has 20 heavy (non-hydrogen) atoms. The SMILES string of the molecule is CCOc1cccc(OCc2c(C(=O)O)cnn2C)c1. The molecule has 0 bridgehead atoms. The summed E-state index contributed by atoms with van der Waals surface area (Å²) in [6, 6.07) is 7.21. The molecule has 1 N–H and O–H groups in total. The van der Waals surface area contributed by atoms with Crippen molar-refractivity contribution in [3.8, 4) is 11.5 Å². The van der Waals surface area contributed by atoms with Gasteiger partial charge in [0, 0.05) is 13.1 Å². The molecule has 0 radical (unpaired) electrons. The van der Waals surface area contributed by atoms with Gasteiger partial charge in [-0.2, -0.15) is 5.10 Å². The Labute approximate surface area is 116 Å². The topological polar surface area (TPSA) is 73.6 Å². The monoisotopic (exact) mass is 276 g/mol. The maximum Gasteiger partial charge on any atom is 0.339 e. The summed E-state index contributed by atoms with van der Waals surface area (Å²) in [7, 11) is 1.68. The number of aromatic nitrogens is 2. The van der Waals surface area contributed by atoms with E-state index in [0.717, 1.165) is 0 Å². The van der Waals surface area contributed by atoms with Gasteiger partial charge in [-0.25, -0.2) is 4.79 Å². The minimum atomic E-state index is -1.01. The fourth-order valence-corrected chi connectivity index (χ4v) is 1.78. The Morgan fingerprint density at radius 1 is 1.35 bits per heavy atom. The zero-order valence-corrected chi connectivity index (χ0v) is 11.4. The van der Waals surface area contributed by atoms with Crippen molar-refractivity contribution in [3.05, 3.63) is 41.7 Å². The number of ether oxygens (including phenoxy) is 2. The number of carbonyl (C=O) groups is 1. The number of benzene rings is 1. The molecule has 0 aliphatic carbocycles. The minimum absolute atomic E-state index is 0.133. The van der Waals surface area contributed by atoms with Gasteiger partial charge in [-0.1, -0.05) is 6.07 Å². The van der Waals surface area contributed by atoms with E-state index in [-0.39, 0.29) is 12.2 Å². The van der Waals surface area contributed by atoms with Gasteiger partial charge >= 0.3 is 5.97 Å². The van der Waals surface area contributed by atoms with E-state index in [9.17, 15) is 4.79 Å². The van der Waals surface area contributed by atoms with Gasteiger partial charge in [0.15, 0.2) is 0 Å². The Morgan fingerprint density at radius 3 is 2.70 bits per heavy atom. The van der Waals surface area contributed by atoms with Crippen LogP contribution >= 0.6 is 0 Å². The number of nitrogens with zero attached hydrogens (tertiary/aromatic N) is 2. The van der Waals surface area contributed by atoms with E-state index in [0.29, 0.717) is 23.8 Å². The lowest BCUT2D eigenvalue weighted by Crippen LogP contribution is -2.08. The molecule has 0 aliphatic rings. The van der Waals surface area contributed by atoms with E-state index in [2.05, 4.69) is 5.10 Å². The lowest BCUT2D eigenvalue weighted by atomic mass is 10.2. The van der Waals surface area contributed by atoms with Crippen LogP contribution in [0.25, 0.3) is 0 Å². The normalized spacial score (nSPS) is 10.3. The Kier molecular flexibility index (Phi) is 4.24. The van der Waals surface area contributed by atoms with Crippen molar-refractivity contribution < 1.29 is 19.4 Å². The van der Waals surface area contributed by atoms with Crippen molar-refractivity contribution in [3.63, 3.8) is 0 Å². The van der Waals surface area contributed by atoms with Crippen LogP contribution in [0.1, 0.15) is 23.0 Å². The Morgan fingerprint density at radius 2 is 2.05 bits per heavy atom. The predicted molar refractivity (Wildman–Crippen MR) is 72.1 cm³/mol. The van der Waals surface area contributed by atoms with Crippen LogP contribution in [0, 0.1) is 0 Å². The van der Waals surface area contributed by atoms with Crippen molar-refractivity contribution in [2.45, 2.75) is 13.5 Å². The van der Waals surface area contributed by atoms with Crippen LogP contribution in [-0.2, 0) is 13.7 Å². The van der Waals surface area contributed by atoms with E-state index >= 15 is 0 Å². The minimum Gasteiger partial charge on any atom is -0.494 e. The second kappa shape index (κ2) is 6.10. The molecule has 0 atom stereocenters. The van der Waals surface area contributed by atoms with Crippen LogP contribution in [0.2, 0.25) is 0 Å². The first-order valence-corrected chi connectivity index (χ1v) is 6.21. The van der Waals surface area contributed by atoms with Crippen molar-refractivity contribution in [1.29, 1.82) is 0 Å². The number of hydrogen-bond acceptors (Lipinski definition) is 4. The summed E-state index contributed by atoms with van der Waals surface area (Å²) in [6.07, 6.45) is 1.32. The third-order valence-electron chi connectivity index (χ3n) is 2.78. The molecule has 1 heterocycles. The van der Waals surface area contributed by atoms with Crippen LogP contribution in [-0.4, -0.2) is 27.5 Å². The highest BCUT2D eigenvalue weighted by molar-refractivity contribution is 5.88. The summed E-state index contributed by atoms with van der Waals surface area (Å²) in [5.74, 6) is 0.321. The highest BCUT2D eigenvalue weighted by Gasteiger charge is 2.15. The molecule has 106 valence electrons. The summed E-state index contributed by atoms with van der Waals surface area (Å²) in [5, 5.41) is 13.0. The summed E-state index contributed by atoms with van der Waals surface area (Å²) >= 11 is 0. The molecule has 2 aromatic rings. The average molecular weight is 276 g/mol. The van der Waals surface area contributed by atoms with Gasteiger partial charge in [0.2, 0.25) is 0 Å². The fraction of sp³-hybridized carbons (Fsp3) is 0.286. The van der Waals surface area contributed by atoms with Crippen molar-refractivity contribution in [1.82, 2.24) is 9.78 Å². The first-order valence-electron chi connectivity index (χ1n) is 6.21. The van der Waals surface area contributed by atoms with Gasteiger partial charge < -0.3 is 14.6 Å². The highest BCUT2D eigenvalue weighted by atomic mass is 16.5. The van der Waals surface area contributed by atoms with Gasteiger partial charge in [-0.15, -0.1) is 0 Å². The molecule has 0 saturated heterocycles. The smallest absolute Gasteiger partial charge is 0.339 e. The standard InChI is InChI=1S/C14H16N2O4/c1-3-19-10-5-4-6-11(7-10)20-9-13-12(14(17)18)8-15-16(13)2/h4-8H,3,9H2,1-2H3,(H,17,18). The Balaban J connectivity index is 2.11. The highest BCUT2D eigenvalue weighted by Crippen LogP contribution is 2.21. The molecule has 0 saturated carbocycles. The third kappa shape index (κ3) is 3.09. The molecule has 2 rings (SSSR count). The van der Waals surface area contributed by atoms with E-state index in [1.54, 1.807) is 19.2 Å². The number of carboxylic acids is 1. The molecule has 0 fully saturated rings. The van der Waals surface area contributed by atoms with Crippen molar-refractivity contribution in [2.24, 2.45) is 7.05 Å². The molecular weight excluding hydrogens is 260 g/mol. The molecule has 6 nitrogen and oxygen atoms in total. The van der Waals surface area contributed by atoms with Crippen LogP contribution < -0.4 is 9.47 Å². The van der Waals surface area contributed by atoms with E-state index in [4.69, 9.17) is 14.6 Å². The number of carboxylic acid groups (broad SMARTS) is 1. The number of rotatable bonds is 6. The molecule has 1 aromatic heterocycles. The van der Waals surface area contributed by atoms with E-state index < -0.39 is 5.97 Å². The van der Waals surface area contributed by atoms with Gasteiger partial charge in [-0.05, 0) is 19.1 Å². The van der Waals surface area contributed by atoms with Crippen LogP contribution in [0.3, 0.4) is 0 Å². The fourth-order valence-electron chi connectivity index (χ4n) is 1.78. The molecule has 1 aromatic carbocycles. The van der Waals surface area contributed by atoms with Crippen LogP contribution in [0.4, 0.5) is 0 Å². The first-order chi connectivity index (χ1) is 9.61. The number of hydrogen-bond donors (Lipinski definition) is 1. The second-order valence-corrected chi connectivity index (χ2v) is 4.13. The Bertz CT molecular complexity index is 607. The Hall–Kier alpha value is -2.50. The van der Waals surface area contributed by atoms with Gasteiger partial charge in [0.05, 0.1) is 18.5 Å². The van der Waals surface area contributed by atoms with Crippen LogP contribution in [0.15, 0.2) is 30.5 Å². The van der Waals surface area contributed by atoms with Crippen molar-refractivity contribution in [2.75, 3.05) is 6.61 Å². The lowest BCUT2D eigenvalue weighted by Gasteiger charge is -2.09. The van der Waals surface area contributed by atoms with Gasteiger partial charge in [0.25, 0.3) is 0 Å². The van der Waals surface area contributed by atoms with Crippen molar-refractivity contribution >= 4 is 5.97 Å². The average Bonchev–Trinajstić information content (AvgIpc) is 2.79. The second-order valence-electron chi connectivity index (χ2n) is 4.13. The molecule has 0 spiro atoms. The lowest BCUT2D eigenvalue weighted by molar-refractivity contribution is 0.0693.